The van der Waals surface area contributed by atoms with E-state index in [4.69, 9.17) is 0 Å². The molecule has 4 amide bonds. The summed E-state index contributed by atoms with van der Waals surface area (Å²) in [6.45, 7) is 8.67. The highest BCUT2D eigenvalue weighted by atomic mass is 19.4. The Morgan fingerprint density at radius 1 is 1.19 bits per heavy atom. The Hall–Kier alpha value is -2.84. The first-order valence-electron chi connectivity index (χ1n) is 12.1. The van der Waals surface area contributed by atoms with E-state index in [9.17, 15) is 37.6 Å². The van der Waals surface area contributed by atoms with Crippen LogP contribution in [-0.2, 0) is 19.2 Å². The van der Waals surface area contributed by atoms with Crippen molar-refractivity contribution in [1.29, 1.82) is 5.26 Å². The number of carbonyl (C=O) groups excluding carboxylic acids is 4. The molecule has 2 saturated carbocycles. The highest BCUT2D eigenvalue weighted by molar-refractivity contribution is 5.95. The van der Waals surface area contributed by atoms with E-state index in [1.54, 1.807) is 0 Å². The highest BCUT2D eigenvalue weighted by Gasteiger charge is 2.70. The van der Waals surface area contributed by atoms with Gasteiger partial charge in [0.25, 0.3) is 0 Å². The number of likely N-dealkylation sites (tertiary alicyclic amines) is 1. The zero-order valence-electron chi connectivity index (χ0n) is 21.0. The molecule has 3 saturated heterocycles. The molecule has 0 radical (unpaired) electrons. The van der Waals surface area contributed by atoms with Crippen molar-refractivity contribution in [2.75, 3.05) is 6.54 Å². The van der Waals surface area contributed by atoms with Crippen LogP contribution in [0.15, 0.2) is 0 Å². The van der Waals surface area contributed by atoms with E-state index in [0.717, 1.165) is 0 Å². The second-order valence-electron chi connectivity index (χ2n) is 12.4. The van der Waals surface area contributed by atoms with E-state index >= 15 is 0 Å². The predicted octanol–water partition coefficient (Wildman–Crippen LogP) is 1.24. The Labute approximate surface area is 207 Å². The molecule has 5 unspecified atom stereocenters. The van der Waals surface area contributed by atoms with Crippen molar-refractivity contribution < 1.29 is 32.3 Å². The van der Waals surface area contributed by atoms with Gasteiger partial charge in [0.2, 0.25) is 17.7 Å². The third-order valence-electron chi connectivity index (χ3n) is 8.56. The summed E-state index contributed by atoms with van der Waals surface area (Å²) in [6.07, 6.45) is -3.79. The maximum atomic E-state index is 13.5. The Morgan fingerprint density at radius 3 is 2.28 bits per heavy atom. The van der Waals surface area contributed by atoms with Gasteiger partial charge in [0.1, 0.15) is 18.1 Å². The van der Waals surface area contributed by atoms with Crippen molar-refractivity contribution in [2.45, 2.75) is 84.2 Å². The molecule has 2 aliphatic carbocycles. The van der Waals surface area contributed by atoms with Crippen molar-refractivity contribution in [2.24, 2.45) is 28.1 Å². The second kappa shape index (κ2) is 8.08. The maximum absolute atomic E-state index is 13.5. The normalized spacial score (nSPS) is 33.4. The minimum absolute atomic E-state index is 0.0386. The fourth-order valence-corrected chi connectivity index (χ4v) is 6.39. The number of nitrogens with one attached hydrogen (secondary N) is 3. The van der Waals surface area contributed by atoms with Gasteiger partial charge in [-0.05, 0) is 41.9 Å². The molecule has 5 aliphatic rings. The SMILES string of the molecule is CC(C)(C)C(NC(=O)C(F)(F)F)C(=O)N1CC2C(C1C(=O)NC(C#N)CC13CC(C1)NC3=O)C2(C)C. The van der Waals surface area contributed by atoms with Crippen molar-refractivity contribution in [3.05, 3.63) is 0 Å². The van der Waals surface area contributed by atoms with E-state index < -0.39 is 52.9 Å². The van der Waals surface area contributed by atoms with Crippen LogP contribution in [0.25, 0.3) is 0 Å². The van der Waals surface area contributed by atoms with Crippen LogP contribution in [0.4, 0.5) is 13.2 Å². The number of nitriles is 1. The smallest absolute Gasteiger partial charge is 0.353 e. The lowest BCUT2D eigenvalue weighted by molar-refractivity contribution is -0.176. The molecular weight excluding hydrogens is 479 g/mol. The van der Waals surface area contributed by atoms with Gasteiger partial charge in [-0.3, -0.25) is 19.2 Å². The lowest BCUT2D eigenvalue weighted by atomic mass is 9.66. The van der Waals surface area contributed by atoms with Crippen molar-refractivity contribution in [3.8, 4) is 6.07 Å². The number of fused-ring (bicyclic) bond motifs is 2. The first-order chi connectivity index (χ1) is 16.4. The van der Waals surface area contributed by atoms with Gasteiger partial charge in [-0.15, -0.1) is 0 Å². The topological polar surface area (TPSA) is 131 Å². The molecule has 0 spiro atoms. The number of halogens is 3. The molecule has 5 rings (SSSR count). The Kier molecular flexibility index (Phi) is 5.89. The first kappa shape index (κ1) is 26.2. The molecule has 0 aromatic carbocycles. The molecule has 9 nitrogen and oxygen atoms in total. The highest BCUT2D eigenvalue weighted by Crippen LogP contribution is 2.65. The summed E-state index contributed by atoms with van der Waals surface area (Å²) in [4.78, 5) is 52.2. The van der Waals surface area contributed by atoms with E-state index in [-0.39, 0.29) is 42.2 Å². The number of rotatable bonds is 6. The number of piperidine rings is 1. The number of nitrogens with zero attached hydrogens (tertiary/aromatic N) is 2. The molecule has 0 aromatic rings. The quantitative estimate of drug-likeness (QED) is 0.494. The molecule has 3 N–H and O–H groups in total. The fraction of sp³-hybridized carbons (Fsp3) is 0.792. The fourth-order valence-electron chi connectivity index (χ4n) is 6.39. The zero-order valence-corrected chi connectivity index (χ0v) is 21.0. The lowest BCUT2D eigenvalue weighted by Gasteiger charge is -2.38. The number of hydrogen-bond donors (Lipinski definition) is 3. The molecule has 5 atom stereocenters. The molecule has 2 bridgehead atoms. The summed E-state index contributed by atoms with van der Waals surface area (Å²) in [5.41, 5.74) is -2.00. The van der Waals surface area contributed by atoms with Gasteiger partial charge in [-0.25, -0.2) is 0 Å². The minimum Gasteiger partial charge on any atom is -0.353 e. The van der Waals surface area contributed by atoms with Crippen LogP contribution in [0.1, 0.15) is 53.9 Å². The van der Waals surface area contributed by atoms with Gasteiger partial charge in [0, 0.05) is 12.6 Å². The number of carbonyl (C=O) groups is 4. The first-order valence-corrected chi connectivity index (χ1v) is 12.1. The largest absolute Gasteiger partial charge is 0.471 e. The number of hydrogen-bond acceptors (Lipinski definition) is 5. The van der Waals surface area contributed by atoms with Gasteiger partial charge >= 0.3 is 12.1 Å². The summed E-state index contributed by atoms with van der Waals surface area (Å²) in [6, 6.07) is -1.32. The molecule has 3 heterocycles. The second-order valence-corrected chi connectivity index (χ2v) is 12.4. The van der Waals surface area contributed by atoms with E-state index in [1.807, 2.05) is 25.2 Å². The van der Waals surface area contributed by atoms with Gasteiger partial charge in [-0.2, -0.15) is 18.4 Å². The number of amides is 4. The van der Waals surface area contributed by atoms with Gasteiger partial charge in [0.05, 0.1) is 11.5 Å². The van der Waals surface area contributed by atoms with Crippen LogP contribution in [0.2, 0.25) is 0 Å². The molecule has 3 aliphatic heterocycles. The third kappa shape index (κ3) is 4.20. The molecular formula is C24H32F3N5O4. The lowest BCUT2D eigenvalue weighted by Crippen LogP contribution is -2.61. The third-order valence-corrected chi connectivity index (χ3v) is 8.56. The van der Waals surface area contributed by atoms with Crippen LogP contribution in [0.5, 0.6) is 0 Å². The van der Waals surface area contributed by atoms with Crippen LogP contribution in [0.3, 0.4) is 0 Å². The van der Waals surface area contributed by atoms with Crippen molar-refractivity contribution >= 4 is 23.6 Å². The Balaban J connectivity index is 1.53. The van der Waals surface area contributed by atoms with Gasteiger partial charge in [0.15, 0.2) is 0 Å². The van der Waals surface area contributed by atoms with Crippen molar-refractivity contribution in [3.63, 3.8) is 0 Å². The minimum atomic E-state index is -5.16. The summed E-state index contributed by atoms with van der Waals surface area (Å²) in [7, 11) is 0. The van der Waals surface area contributed by atoms with Crippen LogP contribution in [-0.4, -0.2) is 65.4 Å². The zero-order chi connectivity index (χ0) is 27.0. The molecule has 5 fully saturated rings. The van der Waals surface area contributed by atoms with E-state index in [0.29, 0.717) is 12.8 Å². The van der Waals surface area contributed by atoms with Crippen LogP contribution in [0, 0.1) is 39.4 Å². The molecule has 198 valence electrons. The van der Waals surface area contributed by atoms with Crippen LogP contribution >= 0.6 is 0 Å². The van der Waals surface area contributed by atoms with Gasteiger partial charge in [-0.1, -0.05) is 34.6 Å². The number of alkyl halides is 3. The average Bonchev–Trinajstić information content (AvgIpc) is 3.11. The van der Waals surface area contributed by atoms with Gasteiger partial charge < -0.3 is 20.9 Å². The summed E-state index contributed by atoms with van der Waals surface area (Å²) in [5, 5.41) is 17.0. The van der Waals surface area contributed by atoms with E-state index in [2.05, 4.69) is 10.6 Å². The molecule has 12 heteroatoms. The van der Waals surface area contributed by atoms with E-state index in [1.165, 1.54) is 25.7 Å². The summed E-state index contributed by atoms with van der Waals surface area (Å²) >= 11 is 0. The predicted molar refractivity (Wildman–Crippen MR) is 119 cm³/mol. The molecule has 36 heavy (non-hydrogen) atoms. The Bertz CT molecular complexity index is 1040. The standard InChI is InChI=1S/C24H32F3N5O4/c1-21(2,3)16(31-20(36)24(25,26)27)18(34)32-10-13-14(22(13,4)5)15(32)17(33)29-12(9-28)8-23-6-11(7-23)30-19(23)35/h11-16H,6-8,10H2,1-5H3,(H,29,33)(H,30,35)(H,31,36). The van der Waals surface area contributed by atoms with Crippen molar-refractivity contribution in [1.82, 2.24) is 20.9 Å². The van der Waals surface area contributed by atoms with Crippen LogP contribution < -0.4 is 16.0 Å². The maximum Gasteiger partial charge on any atom is 0.471 e. The Morgan fingerprint density at radius 2 is 1.81 bits per heavy atom. The summed E-state index contributed by atoms with van der Waals surface area (Å²) < 4.78 is 38.9. The summed E-state index contributed by atoms with van der Waals surface area (Å²) in [5.74, 6) is -3.97. The molecule has 0 aromatic heterocycles. The monoisotopic (exact) mass is 511 g/mol. The average molecular weight is 512 g/mol.